The monoisotopic (exact) mass is 548 g/mol. The van der Waals surface area contributed by atoms with E-state index in [0.29, 0.717) is 39.2 Å². The van der Waals surface area contributed by atoms with E-state index in [4.69, 9.17) is 11.6 Å². The van der Waals surface area contributed by atoms with Crippen LogP contribution in [0.5, 0.6) is 0 Å². The number of rotatable bonds is 6. The van der Waals surface area contributed by atoms with Crippen LogP contribution in [0.3, 0.4) is 0 Å². The highest BCUT2D eigenvalue weighted by Gasteiger charge is 2.35. The molecule has 0 aliphatic carbocycles. The molecule has 0 unspecified atom stereocenters. The van der Waals surface area contributed by atoms with Crippen molar-refractivity contribution in [3.63, 3.8) is 0 Å². The Morgan fingerprint density at radius 3 is 2.55 bits per heavy atom. The number of aryl methyl sites for hydroxylation is 1. The third-order valence-electron chi connectivity index (χ3n) is 7.36. The lowest BCUT2D eigenvalue weighted by atomic mass is 9.99. The summed E-state index contributed by atoms with van der Waals surface area (Å²) in [5, 5.41) is 0.482. The van der Waals surface area contributed by atoms with Crippen LogP contribution in [0.1, 0.15) is 43.1 Å². The number of nitrogens with zero attached hydrogens (tertiary/aromatic N) is 4. The first kappa shape index (κ1) is 25.6. The van der Waals surface area contributed by atoms with E-state index in [1.165, 1.54) is 0 Å². The van der Waals surface area contributed by atoms with Crippen LogP contribution in [0.15, 0.2) is 91.4 Å². The highest BCUT2D eigenvalue weighted by atomic mass is 35.5. The Labute approximate surface area is 236 Å². The summed E-state index contributed by atoms with van der Waals surface area (Å²) in [7, 11) is 1.89. The Morgan fingerprint density at radius 1 is 0.975 bits per heavy atom. The van der Waals surface area contributed by atoms with Gasteiger partial charge in [0.1, 0.15) is 0 Å². The molecule has 0 N–H and O–H groups in total. The molecule has 0 spiro atoms. The van der Waals surface area contributed by atoms with Gasteiger partial charge < -0.3 is 9.47 Å². The van der Waals surface area contributed by atoms with E-state index in [1.54, 1.807) is 53.8 Å². The molecule has 2 aromatic carbocycles. The van der Waals surface area contributed by atoms with Crippen LogP contribution in [-0.2, 0) is 31.2 Å². The number of benzene rings is 2. The Morgan fingerprint density at radius 2 is 1.77 bits per heavy atom. The van der Waals surface area contributed by atoms with Crippen molar-refractivity contribution in [1.29, 1.82) is 0 Å². The summed E-state index contributed by atoms with van der Waals surface area (Å²) in [4.78, 5) is 51.1. The maximum atomic E-state index is 13.8. The van der Waals surface area contributed by atoms with Gasteiger partial charge in [0, 0.05) is 66.9 Å². The van der Waals surface area contributed by atoms with Crippen molar-refractivity contribution in [2.45, 2.75) is 25.4 Å². The topological polar surface area (TPSA) is 85.2 Å². The maximum absolute atomic E-state index is 13.8. The second-order valence-electron chi connectivity index (χ2n) is 9.97. The van der Waals surface area contributed by atoms with E-state index < -0.39 is 6.04 Å². The first-order chi connectivity index (χ1) is 19.4. The second kappa shape index (κ2) is 10.5. The average Bonchev–Trinajstić information content (AvgIpc) is 3.27. The molecular weight excluding hydrogens is 524 g/mol. The average molecular weight is 549 g/mol. The highest BCUT2D eigenvalue weighted by molar-refractivity contribution is 6.30. The van der Waals surface area contributed by atoms with E-state index in [0.717, 1.165) is 16.8 Å². The number of aromatic nitrogens is 3. The summed E-state index contributed by atoms with van der Waals surface area (Å²) in [6.07, 6.45) is 5.56. The molecule has 1 aliphatic heterocycles. The second-order valence-corrected chi connectivity index (χ2v) is 10.4. The van der Waals surface area contributed by atoms with E-state index in [2.05, 4.69) is 9.97 Å². The molecule has 1 atom stereocenters. The molecule has 4 heterocycles. The molecule has 0 bridgehead atoms. The third-order valence-corrected chi connectivity index (χ3v) is 7.59. The van der Waals surface area contributed by atoms with Gasteiger partial charge in [0.25, 0.3) is 5.91 Å². The number of carbonyl (C=O) groups excluding carboxylic acids is 3. The van der Waals surface area contributed by atoms with E-state index in [-0.39, 0.29) is 30.4 Å². The van der Waals surface area contributed by atoms with Gasteiger partial charge in [0.05, 0.1) is 22.6 Å². The minimum Gasteiger partial charge on any atom is -0.348 e. The summed E-state index contributed by atoms with van der Waals surface area (Å²) in [5.74, 6) is -0.439. The molecular formula is C32H25ClN4O3. The number of pyridine rings is 2. The Kier molecular flexibility index (Phi) is 6.74. The molecule has 6 rings (SSSR count). The quantitative estimate of drug-likeness (QED) is 0.271. The van der Waals surface area contributed by atoms with E-state index in [9.17, 15) is 14.4 Å². The molecule has 1 amide bonds. The van der Waals surface area contributed by atoms with Crippen LogP contribution < -0.4 is 0 Å². The van der Waals surface area contributed by atoms with Crippen molar-refractivity contribution in [3.8, 4) is 0 Å². The molecule has 0 radical (unpaired) electrons. The van der Waals surface area contributed by atoms with Gasteiger partial charge in [-0.15, -0.1) is 0 Å². The van der Waals surface area contributed by atoms with E-state index >= 15 is 0 Å². The zero-order valence-electron chi connectivity index (χ0n) is 21.8. The largest absolute Gasteiger partial charge is 0.348 e. The van der Waals surface area contributed by atoms with Crippen LogP contribution >= 0.6 is 11.6 Å². The number of ketones is 2. The Balaban J connectivity index is 1.31. The third kappa shape index (κ3) is 4.80. The van der Waals surface area contributed by atoms with Gasteiger partial charge in [0.15, 0.2) is 11.6 Å². The smallest absolute Gasteiger partial charge is 0.255 e. The predicted molar refractivity (Wildman–Crippen MR) is 152 cm³/mol. The van der Waals surface area contributed by atoms with E-state index in [1.807, 2.05) is 54.1 Å². The Bertz CT molecular complexity index is 1760. The van der Waals surface area contributed by atoms with Gasteiger partial charge in [-0.05, 0) is 53.6 Å². The van der Waals surface area contributed by atoms with Crippen LogP contribution in [0, 0.1) is 0 Å². The van der Waals surface area contributed by atoms with Crippen molar-refractivity contribution in [3.05, 3.63) is 130 Å². The number of fused-ring (bicyclic) bond motifs is 2. The van der Waals surface area contributed by atoms with Crippen molar-refractivity contribution in [2.24, 2.45) is 7.05 Å². The molecule has 5 aromatic rings. The van der Waals surface area contributed by atoms with Crippen molar-refractivity contribution in [1.82, 2.24) is 19.4 Å². The number of Topliss-reactive ketones (excluding diaryl/α,β-unsaturated/α-hetero) is 1. The van der Waals surface area contributed by atoms with Gasteiger partial charge in [-0.25, -0.2) is 0 Å². The zero-order valence-corrected chi connectivity index (χ0v) is 22.5. The lowest BCUT2D eigenvalue weighted by Crippen LogP contribution is -2.44. The van der Waals surface area contributed by atoms with Crippen LogP contribution in [0.2, 0.25) is 5.02 Å². The number of amides is 1. The molecule has 198 valence electrons. The molecule has 8 heteroatoms. The van der Waals surface area contributed by atoms with Crippen molar-refractivity contribution in [2.75, 3.05) is 0 Å². The fraction of sp³-hybridized carbons (Fsp3) is 0.156. The van der Waals surface area contributed by atoms with Gasteiger partial charge in [0.2, 0.25) is 0 Å². The minimum absolute atomic E-state index is 0.0738. The lowest BCUT2D eigenvalue weighted by Gasteiger charge is -2.29. The van der Waals surface area contributed by atoms with Gasteiger partial charge >= 0.3 is 0 Å². The molecule has 0 saturated heterocycles. The SMILES string of the molecule is Cn1cc(C(=O)c2ccc(CN3C(=O)c4ccc(Cl)cc4CC(=O)[C@H]3Cc3ccccn3)cc2)c2ncccc21. The van der Waals surface area contributed by atoms with Crippen LogP contribution in [0.25, 0.3) is 11.0 Å². The zero-order chi connectivity index (χ0) is 27.8. The molecule has 1 aliphatic rings. The molecule has 0 saturated carbocycles. The minimum atomic E-state index is -0.698. The first-order valence-electron chi connectivity index (χ1n) is 12.9. The van der Waals surface area contributed by atoms with Gasteiger partial charge in [-0.2, -0.15) is 0 Å². The van der Waals surface area contributed by atoms with Gasteiger partial charge in [-0.3, -0.25) is 24.4 Å². The summed E-state index contributed by atoms with van der Waals surface area (Å²) in [5.41, 5.74) is 5.22. The van der Waals surface area contributed by atoms with Crippen molar-refractivity contribution >= 4 is 40.1 Å². The first-order valence-corrected chi connectivity index (χ1v) is 13.3. The number of hydrogen-bond acceptors (Lipinski definition) is 5. The summed E-state index contributed by atoms with van der Waals surface area (Å²) in [6, 6.07) is 20.8. The number of halogens is 1. The Hall–Kier alpha value is -4.62. The number of carbonyl (C=O) groups is 3. The normalized spacial score (nSPS) is 15.2. The fourth-order valence-corrected chi connectivity index (χ4v) is 5.50. The molecule has 0 fully saturated rings. The highest BCUT2D eigenvalue weighted by Crippen LogP contribution is 2.27. The van der Waals surface area contributed by atoms with Crippen molar-refractivity contribution < 1.29 is 14.4 Å². The van der Waals surface area contributed by atoms with Crippen LogP contribution in [0.4, 0.5) is 0 Å². The van der Waals surface area contributed by atoms with Gasteiger partial charge in [-0.1, -0.05) is 41.9 Å². The summed E-state index contributed by atoms with van der Waals surface area (Å²) in [6.45, 7) is 0.203. The predicted octanol–water partition coefficient (Wildman–Crippen LogP) is 5.23. The van der Waals surface area contributed by atoms with Crippen LogP contribution in [-0.4, -0.2) is 43.0 Å². The standard InChI is InChI=1S/C32H25ClN4O3/c1-36-19-26(30-27(36)6-4-14-35-30)31(39)21-9-7-20(8-10-21)18-37-28(17-24-5-2-3-13-34-24)29(38)16-22-15-23(33)11-12-25(22)32(37)40/h2-15,19,28H,16-18H2,1H3/t28-/m1/s1. The maximum Gasteiger partial charge on any atom is 0.255 e. The molecule has 3 aromatic heterocycles. The lowest BCUT2D eigenvalue weighted by molar-refractivity contribution is -0.122. The summed E-state index contributed by atoms with van der Waals surface area (Å²) < 4.78 is 1.89. The number of hydrogen-bond donors (Lipinski definition) is 0. The fourth-order valence-electron chi connectivity index (χ4n) is 5.31. The summed E-state index contributed by atoms with van der Waals surface area (Å²) >= 11 is 6.20. The molecule has 7 nitrogen and oxygen atoms in total. The molecule has 40 heavy (non-hydrogen) atoms.